The lowest BCUT2D eigenvalue weighted by Gasteiger charge is -2.02. The molecule has 3 aromatic carbocycles. The molecule has 0 aliphatic carbocycles. The third kappa shape index (κ3) is 3.67. The van der Waals surface area contributed by atoms with Crippen LogP contribution < -0.4 is 11.5 Å². The van der Waals surface area contributed by atoms with E-state index < -0.39 is 11.9 Å². The van der Waals surface area contributed by atoms with Gasteiger partial charge in [0.25, 0.3) is 0 Å². The zero-order valence-corrected chi connectivity index (χ0v) is 13.3. The molecule has 3 aromatic rings. The highest BCUT2D eigenvalue weighted by molar-refractivity contribution is 6.14. The molecule has 0 saturated carbocycles. The fourth-order valence-electron chi connectivity index (χ4n) is 2.38. The van der Waals surface area contributed by atoms with E-state index in [4.69, 9.17) is 11.5 Å². The average molecular weight is 332 g/mol. The third-order valence-corrected chi connectivity index (χ3v) is 3.71. The average Bonchev–Trinajstić information content (AvgIpc) is 2.92. The van der Waals surface area contributed by atoms with Crippen LogP contribution in [0, 0.1) is 0 Å². The summed E-state index contributed by atoms with van der Waals surface area (Å²) in [5, 5.41) is 0. The lowest BCUT2D eigenvalue weighted by molar-refractivity contribution is 0.0444. The van der Waals surface area contributed by atoms with E-state index in [1.54, 1.807) is 24.3 Å². The maximum absolute atomic E-state index is 10.8. The summed E-state index contributed by atoms with van der Waals surface area (Å²) in [6.45, 7) is 0. The van der Waals surface area contributed by atoms with Crippen molar-refractivity contribution in [3.8, 4) is 11.1 Å². The molecular formula is C20H16N2O3. The lowest BCUT2D eigenvalue weighted by Crippen LogP contribution is -1.96. The van der Waals surface area contributed by atoms with Crippen LogP contribution in [0.4, 0.5) is 11.4 Å². The molecule has 0 amide bonds. The molecular weight excluding hydrogens is 316 g/mol. The van der Waals surface area contributed by atoms with Crippen LogP contribution >= 0.6 is 0 Å². The van der Waals surface area contributed by atoms with Crippen LogP contribution in [0.3, 0.4) is 0 Å². The van der Waals surface area contributed by atoms with E-state index >= 15 is 0 Å². The van der Waals surface area contributed by atoms with Crippen molar-refractivity contribution < 1.29 is 14.3 Å². The van der Waals surface area contributed by atoms with Gasteiger partial charge < -0.3 is 16.2 Å². The molecule has 0 unspecified atom stereocenters. The predicted octanol–water partition coefficient (Wildman–Crippen LogP) is 3.52. The highest BCUT2D eigenvalue weighted by Crippen LogP contribution is 2.21. The molecule has 1 aliphatic heterocycles. The number of nitrogens with two attached hydrogens (primary N) is 2. The number of nitrogen functional groups attached to an aromatic ring is 2. The summed E-state index contributed by atoms with van der Waals surface area (Å²) >= 11 is 0. The number of ether oxygens (including phenoxy) is 1. The van der Waals surface area contributed by atoms with E-state index in [-0.39, 0.29) is 0 Å². The molecule has 1 heterocycles. The van der Waals surface area contributed by atoms with Gasteiger partial charge in [0.1, 0.15) is 0 Å². The van der Waals surface area contributed by atoms with Crippen molar-refractivity contribution in [1.29, 1.82) is 0 Å². The fourth-order valence-corrected chi connectivity index (χ4v) is 2.38. The Morgan fingerprint density at radius 2 is 0.920 bits per heavy atom. The monoisotopic (exact) mass is 332 g/mol. The SMILES string of the molecule is Nc1ccc(-c2ccc(N)cc2)cc1.O=C1OC(=O)c2ccccc21. The summed E-state index contributed by atoms with van der Waals surface area (Å²) in [5.41, 5.74) is 15.8. The van der Waals surface area contributed by atoms with Gasteiger partial charge in [-0.3, -0.25) is 0 Å². The summed E-state index contributed by atoms with van der Waals surface area (Å²) in [6.07, 6.45) is 0. The van der Waals surface area contributed by atoms with Gasteiger partial charge in [0.2, 0.25) is 0 Å². The zero-order valence-electron chi connectivity index (χ0n) is 13.3. The van der Waals surface area contributed by atoms with Gasteiger partial charge in [0, 0.05) is 11.4 Å². The van der Waals surface area contributed by atoms with E-state index in [1.807, 2.05) is 48.5 Å². The lowest BCUT2D eigenvalue weighted by atomic mass is 10.1. The minimum atomic E-state index is -0.550. The number of carbonyl (C=O) groups excluding carboxylic acids is 2. The Morgan fingerprint density at radius 1 is 0.560 bits per heavy atom. The van der Waals surface area contributed by atoms with Gasteiger partial charge in [0.05, 0.1) is 11.1 Å². The molecule has 1 aliphatic rings. The topological polar surface area (TPSA) is 95.4 Å². The molecule has 4 rings (SSSR count). The first-order valence-electron chi connectivity index (χ1n) is 7.61. The summed E-state index contributed by atoms with van der Waals surface area (Å²) in [5.74, 6) is -1.10. The first-order chi connectivity index (χ1) is 12.0. The van der Waals surface area contributed by atoms with Crippen LogP contribution in [-0.4, -0.2) is 11.9 Å². The molecule has 124 valence electrons. The Hall–Kier alpha value is -3.60. The summed E-state index contributed by atoms with van der Waals surface area (Å²) < 4.78 is 4.35. The Kier molecular flexibility index (Phi) is 4.48. The molecule has 0 fully saturated rings. The Bertz CT molecular complexity index is 840. The number of carbonyl (C=O) groups is 2. The van der Waals surface area contributed by atoms with Gasteiger partial charge in [0.15, 0.2) is 0 Å². The zero-order chi connectivity index (χ0) is 17.8. The molecule has 0 aromatic heterocycles. The summed E-state index contributed by atoms with van der Waals surface area (Å²) in [4.78, 5) is 21.7. The van der Waals surface area contributed by atoms with Crippen LogP contribution in [0.1, 0.15) is 20.7 Å². The number of anilines is 2. The second-order valence-electron chi connectivity index (χ2n) is 5.47. The molecule has 25 heavy (non-hydrogen) atoms. The molecule has 0 saturated heterocycles. The van der Waals surface area contributed by atoms with Crippen LogP contribution in [0.15, 0.2) is 72.8 Å². The first-order valence-corrected chi connectivity index (χ1v) is 7.61. The van der Waals surface area contributed by atoms with Crippen LogP contribution in [-0.2, 0) is 4.74 Å². The quantitative estimate of drug-likeness (QED) is 0.404. The predicted molar refractivity (Wildman–Crippen MR) is 96.9 cm³/mol. The van der Waals surface area contributed by atoms with Crippen molar-refractivity contribution in [2.45, 2.75) is 0 Å². The molecule has 0 radical (unpaired) electrons. The minimum Gasteiger partial charge on any atom is -0.399 e. The normalized spacial score (nSPS) is 12.0. The van der Waals surface area contributed by atoms with Crippen molar-refractivity contribution >= 4 is 23.3 Å². The van der Waals surface area contributed by atoms with Crippen molar-refractivity contribution in [3.05, 3.63) is 83.9 Å². The molecule has 5 nitrogen and oxygen atoms in total. The number of fused-ring (bicyclic) bond motifs is 1. The largest absolute Gasteiger partial charge is 0.399 e. The Labute approximate surface area is 144 Å². The highest BCUT2D eigenvalue weighted by atomic mass is 16.6. The number of hydrogen-bond acceptors (Lipinski definition) is 5. The Balaban J connectivity index is 0.000000150. The van der Waals surface area contributed by atoms with Crippen molar-refractivity contribution in [2.24, 2.45) is 0 Å². The molecule has 4 N–H and O–H groups in total. The smallest absolute Gasteiger partial charge is 0.346 e. The van der Waals surface area contributed by atoms with E-state index in [1.165, 1.54) is 0 Å². The van der Waals surface area contributed by atoms with Gasteiger partial charge in [-0.2, -0.15) is 0 Å². The van der Waals surface area contributed by atoms with Gasteiger partial charge in [-0.1, -0.05) is 36.4 Å². The second-order valence-corrected chi connectivity index (χ2v) is 5.47. The van der Waals surface area contributed by atoms with E-state index in [9.17, 15) is 9.59 Å². The molecule has 0 atom stereocenters. The van der Waals surface area contributed by atoms with Gasteiger partial charge in [-0.25, -0.2) is 9.59 Å². The van der Waals surface area contributed by atoms with Crippen LogP contribution in [0.25, 0.3) is 11.1 Å². The second kappa shape index (κ2) is 6.88. The van der Waals surface area contributed by atoms with Gasteiger partial charge in [-0.15, -0.1) is 0 Å². The maximum Gasteiger partial charge on any atom is 0.346 e. The van der Waals surface area contributed by atoms with Crippen LogP contribution in [0.2, 0.25) is 0 Å². The Morgan fingerprint density at radius 3 is 1.28 bits per heavy atom. The summed E-state index contributed by atoms with van der Waals surface area (Å²) in [6, 6.07) is 22.1. The van der Waals surface area contributed by atoms with E-state index in [0.717, 1.165) is 22.5 Å². The maximum atomic E-state index is 10.8. The summed E-state index contributed by atoms with van der Waals surface area (Å²) in [7, 11) is 0. The molecule has 0 spiro atoms. The fraction of sp³-hybridized carbons (Fsp3) is 0. The third-order valence-electron chi connectivity index (χ3n) is 3.71. The number of benzene rings is 3. The van der Waals surface area contributed by atoms with Crippen molar-refractivity contribution in [2.75, 3.05) is 11.5 Å². The number of rotatable bonds is 1. The van der Waals surface area contributed by atoms with Crippen LogP contribution in [0.5, 0.6) is 0 Å². The number of cyclic esters (lactones) is 2. The van der Waals surface area contributed by atoms with Gasteiger partial charge >= 0.3 is 11.9 Å². The van der Waals surface area contributed by atoms with Crippen molar-refractivity contribution in [1.82, 2.24) is 0 Å². The number of hydrogen-bond donors (Lipinski definition) is 2. The minimum absolute atomic E-state index is 0.359. The molecule has 0 bridgehead atoms. The van der Waals surface area contributed by atoms with Gasteiger partial charge in [-0.05, 0) is 47.5 Å². The van der Waals surface area contributed by atoms with Crippen molar-refractivity contribution in [3.63, 3.8) is 0 Å². The number of esters is 2. The first kappa shape index (κ1) is 16.3. The van der Waals surface area contributed by atoms with E-state index in [2.05, 4.69) is 4.74 Å². The molecule has 5 heteroatoms. The van der Waals surface area contributed by atoms with E-state index in [0.29, 0.717) is 11.1 Å². The highest BCUT2D eigenvalue weighted by Gasteiger charge is 2.28. The standard InChI is InChI=1S/C12H12N2.C8H4O3/c13-11-5-1-9(2-6-11)10-3-7-12(14)8-4-10;9-7-5-3-1-2-4-6(5)8(10)11-7/h1-8H,13-14H2;1-4H.